The molecule has 0 spiro atoms. The zero-order valence-electron chi connectivity index (χ0n) is 17.5. The highest BCUT2D eigenvalue weighted by molar-refractivity contribution is 5.39. The molecule has 4 heteroatoms. The second-order valence-corrected chi connectivity index (χ2v) is 7.92. The van der Waals surface area contributed by atoms with Crippen molar-refractivity contribution in [2.24, 2.45) is 5.41 Å². The van der Waals surface area contributed by atoms with Gasteiger partial charge in [-0.3, -0.25) is 0 Å². The number of nitriles is 2. The lowest BCUT2D eigenvalue weighted by Gasteiger charge is -2.32. The lowest BCUT2D eigenvalue weighted by Crippen LogP contribution is -2.24. The molecule has 32 heavy (non-hydrogen) atoms. The van der Waals surface area contributed by atoms with E-state index in [1.807, 2.05) is 54.6 Å². The van der Waals surface area contributed by atoms with Crippen molar-refractivity contribution in [3.05, 3.63) is 120 Å². The maximum absolute atomic E-state index is 8.71. The SMILES string of the molecule is N#COc1ccc(CC2(Cc3ccc(OC#N)cc3)C=CC(c3ccccc3)C=C2)cc1. The molecule has 3 aromatic carbocycles. The summed E-state index contributed by atoms with van der Waals surface area (Å²) in [5.41, 5.74) is 3.39. The van der Waals surface area contributed by atoms with Crippen LogP contribution in [0.1, 0.15) is 22.6 Å². The van der Waals surface area contributed by atoms with Crippen LogP contribution in [-0.2, 0) is 12.8 Å². The summed E-state index contributed by atoms with van der Waals surface area (Å²) >= 11 is 0. The van der Waals surface area contributed by atoms with E-state index in [1.165, 1.54) is 5.56 Å². The summed E-state index contributed by atoms with van der Waals surface area (Å²) in [5, 5.41) is 17.4. The summed E-state index contributed by atoms with van der Waals surface area (Å²) in [4.78, 5) is 0. The Kier molecular flexibility index (Phi) is 6.35. The van der Waals surface area contributed by atoms with E-state index in [-0.39, 0.29) is 11.3 Å². The fraction of sp³-hybridized carbons (Fsp3) is 0.143. The van der Waals surface area contributed by atoms with Gasteiger partial charge in [-0.25, -0.2) is 0 Å². The minimum Gasteiger partial charge on any atom is -0.388 e. The minimum atomic E-state index is -0.194. The molecule has 0 aliphatic heterocycles. The van der Waals surface area contributed by atoms with Crippen molar-refractivity contribution in [3.8, 4) is 24.0 Å². The van der Waals surface area contributed by atoms with Crippen molar-refractivity contribution in [2.75, 3.05) is 0 Å². The van der Waals surface area contributed by atoms with E-state index in [0.29, 0.717) is 11.5 Å². The third-order valence-corrected chi connectivity index (χ3v) is 5.70. The summed E-state index contributed by atoms with van der Waals surface area (Å²) in [6, 6.07) is 25.8. The van der Waals surface area contributed by atoms with Gasteiger partial charge in [-0.1, -0.05) is 78.9 Å². The van der Waals surface area contributed by atoms with E-state index >= 15 is 0 Å². The monoisotopic (exact) mass is 418 g/mol. The highest BCUT2D eigenvalue weighted by Gasteiger charge is 2.28. The van der Waals surface area contributed by atoms with Gasteiger partial charge >= 0.3 is 0 Å². The van der Waals surface area contributed by atoms with Crippen LogP contribution >= 0.6 is 0 Å². The Bertz CT molecular complexity index is 1100. The highest BCUT2D eigenvalue weighted by Crippen LogP contribution is 2.38. The van der Waals surface area contributed by atoms with Gasteiger partial charge in [0.2, 0.25) is 0 Å². The van der Waals surface area contributed by atoms with Crippen molar-refractivity contribution >= 4 is 0 Å². The first-order chi connectivity index (χ1) is 15.7. The molecule has 1 aliphatic rings. The van der Waals surface area contributed by atoms with Crippen LogP contribution in [0, 0.1) is 28.4 Å². The fourth-order valence-electron chi connectivity index (χ4n) is 4.12. The summed E-state index contributed by atoms with van der Waals surface area (Å²) < 4.78 is 9.82. The quantitative estimate of drug-likeness (QED) is 0.344. The Balaban J connectivity index is 1.60. The molecule has 0 amide bonds. The van der Waals surface area contributed by atoms with Crippen LogP contribution in [0.4, 0.5) is 0 Å². The van der Waals surface area contributed by atoms with Crippen molar-refractivity contribution < 1.29 is 9.47 Å². The van der Waals surface area contributed by atoms with Crippen LogP contribution in [0.15, 0.2) is 103 Å². The molecule has 156 valence electrons. The van der Waals surface area contributed by atoms with E-state index in [9.17, 15) is 0 Å². The van der Waals surface area contributed by atoms with E-state index in [4.69, 9.17) is 20.0 Å². The molecule has 0 atom stereocenters. The normalized spacial score (nSPS) is 14.3. The molecule has 0 radical (unpaired) electrons. The molecule has 0 fully saturated rings. The maximum Gasteiger partial charge on any atom is 0.292 e. The van der Waals surface area contributed by atoms with Crippen LogP contribution in [-0.4, -0.2) is 0 Å². The van der Waals surface area contributed by atoms with Gasteiger partial charge in [-0.15, -0.1) is 10.5 Å². The Labute approximate surface area is 188 Å². The van der Waals surface area contributed by atoms with E-state index in [1.54, 1.807) is 12.5 Å². The van der Waals surface area contributed by atoms with Crippen LogP contribution < -0.4 is 9.47 Å². The summed E-state index contributed by atoms with van der Waals surface area (Å²) in [7, 11) is 0. The zero-order valence-corrected chi connectivity index (χ0v) is 17.5. The molecule has 4 nitrogen and oxygen atoms in total. The molecular weight excluding hydrogens is 396 g/mol. The van der Waals surface area contributed by atoms with Crippen molar-refractivity contribution in [1.82, 2.24) is 0 Å². The number of nitrogens with zero attached hydrogens (tertiary/aromatic N) is 2. The Morgan fingerprint density at radius 1 is 0.656 bits per heavy atom. The van der Waals surface area contributed by atoms with Crippen LogP contribution in [0.25, 0.3) is 0 Å². The lowest BCUT2D eigenvalue weighted by atomic mass is 9.72. The van der Waals surface area contributed by atoms with Crippen LogP contribution in [0.3, 0.4) is 0 Å². The highest BCUT2D eigenvalue weighted by atomic mass is 16.5. The van der Waals surface area contributed by atoms with Crippen LogP contribution in [0.5, 0.6) is 11.5 Å². The molecule has 0 heterocycles. The first kappa shape index (κ1) is 21.0. The maximum atomic E-state index is 8.71. The van der Waals surface area contributed by atoms with Crippen molar-refractivity contribution in [1.29, 1.82) is 10.5 Å². The first-order valence-electron chi connectivity index (χ1n) is 10.4. The summed E-state index contributed by atoms with van der Waals surface area (Å²) in [5.74, 6) is 1.33. The summed E-state index contributed by atoms with van der Waals surface area (Å²) in [6.45, 7) is 0. The molecule has 0 N–H and O–H groups in total. The van der Waals surface area contributed by atoms with Gasteiger partial charge in [-0.2, -0.15) is 0 Å². The second kappa shape index (κ2) is 9.69. The second-order valence-electron chi connectivity index (χ2n) is 7.92. The van der Waals surface area contributed by atoms with Gasteiger partial charge in [0.1, 0.15) is 11.5 Å². The predicted molar refractivity (Wildman–Crippen MR) is 123 cm³/mol. The predicted octanol–water partition coefficient (Wildman–Crippen LogP) is 6.09. The average molecular weight is 418 g/mol. The molecular formula is C28H22N2O2. The molecule has 1 aliphatic carbocycles. The van der Waals surface area contributed by atoms with Gasteiger partial charge in [0.25, 0.3) is 12.5 Å². The van der Waals surface area contributed by atoms with E-state index in [0.717, 1.165) is 24.0 Å². The molecule has 3 aromatic rings. The minimum absolute atomic E-state index is 0.194. The Morgan fingerprint density at radius 2 is 1.12 bits per heavy atom. The number of hydrogen-bond acceptors (Lipinski definition) is 4. The number of ether oxygens (including phenoxy) is 2. The molecule has 4 rings (SSSR count). The fourth-order valence-corrected chi connectivity index (χ4v) is 4.12. The largest absolute Gasteiger partial charge is 0.388 e. The van der Waals surface area contributed by atoms with Gasteiger partial charge in [0.15, 0.2) is 0 Å². The standard InChI is InChI=1S/C28H22N2O2/c29-20-31-26-10-6-22(7-11-26)18-28(19-23-8-12-27(13-9-23)32-21-30)16-14-25(15-17-28)24-4-2-1-3-5-24/h1-17,25H,18-19H2. The smallest absolute Gasteiger partial charge is 0.292 e. The van der Waals surface area contributed by atoms with E-state index in [2.05, 4.69) is 48.6 Å². The molecule has 0 bridgehead atoms. The third-order valence-electron chi connectivity index (χ3n) is 5.70. The van der Waals surface area contributed by atoms with Crippen molar-refractivity contribution in [2.45, 2.75) is 18.8 Å². The number of benzene rings is 3. The number of rotatable bonds is 7. The topological polar surface area (TPSA) is 66.0 Å². The third kappa shape index (κ3) is 5.06. The van der Waals surface area contributed by atoms with Gasteiger partial charge in [0.05, 0.1) is 0 Å². The summed E-state index contributed by atoms with van der Waals surface area (Å²) in [6.07, 6.45) is 14.2. The molecule has 0 saturated heterocycles. The number of hydrogen-bond donors (Lipinski definition) is 0. The van der Waals surface area contributed by atoms with E-state index < -0.39 is 0 Å². The first-order valence-corrected chi connectivity index (χ1v) is 10.4. The molecule has 0 unspecified atom stereocenters. The molecule has 0 aromatic heterocycles. The van der Waals surface area contributed by atoms with Gasteiger partial charge in [-0.05, 0) is 53.8 Å². The lowest BCUT2D eigenvalue weighted by molar-refractivity contribution is 0.473. The molecule has 0 saturated carbocycles. The van der Waals surface area contributed by atoms with Crippen LogP contribution in [0.2, 0.25) is 0 Å². The number of allylic oxidation sites excluding steroid dienone is 4. The Hall–Kier alpha value is -4.28. The zero-order chi connectivity index (χ0) is 22.2. The van der Waals surface area contributed by atoms with Gasteiger partial charge in [0, 0.05) is 11.3 Å². The van der Waals surface area contributed by atoms with Crippen molar-refractivity contribution in [3.63, 3.8) is 0 Å². The Morgan fingerprint density at radius 3 is 1.56 bits per heavy atom. The average Bonchev–Trinajstić information content (AvgIpc) is 2.83. The van der Waals surface area contributed by atoms with Gasteiger partial charge < -0.3 is 9.47 Å².